The Bertz CT molecular complexity index is 910. The van der Waals surface area contributed by atoms with Gasteiger partial charge in [-0.05, 0) is 12.8 Å². The number of amides is 1. The van der Waals surface area contributed by atoms with Crippen LogP contribution < -0.4 is 5.32 Å². The summed E-state index contributed by atoms with van der Waals surface area (Å²) in [6.07, 6.45) is 7.62. The van der Waals surface area contributed by atoms with Gasteiger partial charge in [-0.3, -0.25) is 4.79 Å². The van der Waals surface area contributed by atoms with Gasteiger partial charge in [0.15, 0.2) is 11.3 Å². The highest BCUT2D eigenvalue weighted by molar-refractivity contribution is 7.90. The predicted molar refractivity (Wildman–Crippen MR) is 82.0 cm³/mol. The molecular formula is C15H17N3O4S. The van der Waals surface area contributed by atoms with E-state index in [1.165, 1.54) is 12.6 Å². The first-order valence-electron chi connectivity index (χ1n) is 7.69. The number of nitrogens with zero attached hydrogens (tertiary/aromatic N) is 2. The second-order valence-electron chi connectivity index (χ2n) is 6.47. The molecule has 2 aromatic heterocycles. The molecule has 2 aliphatic rings. The molecule has 23 heavy (non-hydrogen) atoms. The molecule has 0 aromatic carbocycles. The standard InChI is InChI=1S/C15H17N3O4S/c1-23(20,21)14-16-7-9-11(18-14)10-12(22-9)13(19)17-8-15(10)5-3-2-4-6-15/h7H,2-6,8H2,1H3,(H,17,19). The first-order chi connectivity index (χ1) is 10.9. The molecule has 4 rings (SSSR count). The second kappa shape index (κ2) is 4.77. The normalized spacial score (nSPS) is 20.5. The fourth-order valence-corrected chi connectivity index (χ4v) is 4.28. The van der Waals surface area contributed by atoms with E-state index in [0.29, 0.717) is 17.6 Å². The Kier molecular flexibility index (Phi) is 3.03. The highest BCUT2D eigenvalue weighted by Crippen LogP contribution is 2.46. The zero-order chi connectivity index (χ0) is 16.2. The van der Waals surface area contributed by atoms with Crippen LogP contribution >= 0.6 is 0 Å². The van der Waals surface area contributed by atoms with Gasteiger partial charge in [-0.25, -0.2) is 18.4 Å². The first kappa shape index (κ1) is 14.6. The molecule has 0 unspecified atom stereocenters. The largest absolute Gasteiger partial charge is 0.447 e. The van der Waals surface area contributed by atoms with Crippen molar-refractivity contribution < 1.29 is 17.6 Å². The van der Waals surface area contributed by atoms with Crippen LogP contribution in [0.3, 0.4) is 0 Å². The van der Waals surface area contributed by atoms with Gasteiger partial charge in [0.1, 0.15) is 5.52 Å². The zero-order valence-electron chi connectivity index (χ0n) is 12.8. The lowest BCUT2D eigenvalue weighted by Crippen LogP contribution is -2.47. The summed E-state index contributed by atoms with van der Waals surface area (Å²) in [5.74, 6) is -0.0109. The van der Waals surface area contributed by atoms with Gasteiger partial charge >= 0.3 is 0 Å². The molecule has 1 aliphatic carbocycles. The number of carbonyl (C=O) groups excluding carboxylic acids is 1. The quantitative estimate of drug-likeness (QED) is 0.794. The molecule has 122 valence electrons. The van der Waals surface area contributed by atoms with E-state index in [9.17, 15) is 13.2 Å². The van der Waals surface area contributed by atoms with Crippen molar-refractivity contribution in [1.82, 2.24) is 15.3 Å². The van der Waals surface area contributed by atoms with E-state index in [4.69, 9.17) is 4.42 Å². The fourth-order valence-electron chi connectivity index (χ4n) is 3.78. The number of furan rings is 1. The van der Waals surface area contributed by atoms with Crippen LogP contribution in [-0.4, -0.2) is 37.1 Å². The molecule has 0 radical (unpaired) electrons. The second-order valence-corrected chi connectivity index (χ2v) is 8.38. The molecule has 3 heterocycles. The van der Waals surface area contributed by atoms with Crippen LogP contribution in [0.15, 0.2) is 15.8 Å². The number of aromatic nitrogens is 2. The SMILES string of the molecule is CS(=O)(=O)c1ncc2oc3c(c2n1)C1(CCCCC1)CNC3=O. The molecule has 0 atom stereocenters. The fraction of sp³-hybridized carbons (Fsp3) is 0.533. The van der Waals surface area contributed by atoms with Gasteiger partial charge in [-0.1, -0.05) is 19.3 Å². The molecule has 7 nitrogen and oxygen atoms in total. The van der Waals surface area contributed by atoms with Crippen LogP contribution in [0.1, 0.15) is 48.2 Å². The Balaban J connectivity index is 2.02. The third-order valence-electron chi connectivity index (χ3n) is 4.88. The third-order valence-corrected chi connectivity index (χ3v) is 5.74. The number of carbonyl (C=O) groups is 1. The van der Waals surface area contributed by atoms with E-state index in [0.717, 1.165) is 37.5 Å². The number of rotatable bonds is 1. The minimum Gasteiger partial charge on any atom is -0.447 e. The Morgan fingerprint density at radius 3 is 2.70 bits per heavy atom. The predicted octanol–water partition coefficient (Wildman–Crippen LogP) is 1.57. The summed E-state index contributed by atoms with van der Waals surface area (Å²) >= 11 is 0. The minimum atomic E-state index is -3.52. The molecule has 1 fully saturated rings. The molecule has 1 spiro atoms. The number of hydrogen-bond donors (Lipinski definition) is 1. The molecule has 1 amide bonds. The molecule has 1 N–H and O–H groups in total. The van der Waals surface area contributed by atoms with Gasteiger partial charge in [0.2, 0.25) is 15.0 Å². The van der Waals surface area contributed by atoms with Crippen LogP contribution in [-0.2, 0) is 15.3 Å². The van der Waals surface area contributed by atoms with Crippen molar-refractivity contribution in [2.24, 2.45) is 0 Å². The van der Waals surface area contributed by atoms with Crippen LogP contribution in [0.5, 0.6) is 0 Å². The summed E-state index contributed by atoms with van der Waals surface area (Å²) in [6, 6.07) is 0. The van der Waals surface area contributed by atoms with Gasteiger partial charge in [0, 0.05) is 23.8 Å². The lowest BCUT2D eigenvalue weighted by atomic mass is 9.67. The molecule has 8 heteroatoms. The summed E-state index contributed by atoms with van der Waals surface area (Å²) in [7, 11) is -3.52. The lowest BCUT2D eigenvalue weighted by molar-refractivity contribution is 0.0882. The van der Waals surface area contributed by atoms with Gasteiger partial charge in [0.05, 0.1) is 6.20 Å². The summed E-state index contributed by atoms with van der Waals surface area (Å²) in [6.45, 7) is 0.547. The average Bonchev–Trinajstić information content (AvgIpc) is 2.92. The van der Waals surface area contributed by atoms with Crippen molar-refractivity contribution in [3.8, 4) is 0 Å². The number of nitrogens with one attached hydrogen (secondary N) is 1. The van der Waals surface area contributed by atoms with Gasteiger partial charge in [-0.15, -0.1) is 0 Å². The number of hydrogen-bond acceptors (Lipinski definition) is 6. The van der Waals surface area contributed by atoms with Crippen molar-refractivity contribution in [1.29, 1.82) is 0 Å². The number of fused-ring (bicyclic) bond motifs is 4. The molecule has 0 bridgehead atoms. The summed E-state index contributed by atoms with van der Waals surface area (Å²) in [5, 5.41) is 2.67. The highest BCUT2D eigenvalue weighted by atomic mass is 32.2. The van der Waals surface area contributed by atoms with Crippen molar-refractivity contribution in [3.05, 3.63) is 17.5 Å². The lowest BCUT2D eigenvalue weighted by Gasteiger charge is -2.39. The third kappa shape index (κ3) is 2.15. The van der Waals surface area contributed by atoms with E-state index >= 15 is 0 Å². The summed E-state index contributed by atoms with van der Waals surface area (Å²) in [4.78, 5) is 20.3. The zero-order valence-corrected chi connectivity index (χ0v) is 13.6. The van der Waals surface area contributed by atoms with Gasteiger partial charge in [0.25, 0.3) is 5.91 Å². The summed E-state index contributed by atoms with van der Waals surface area (Å²) < 4.78 is 29.2. The van der Waals surface area contributed by atoms with E-state index in [2.05, 4.69) is 15.3 Å². The topological polar surface area (TPSA) is 102 Å². The molecule has 2 aromatic rings. The average molecular weight is 335 g/mol. The first-order valence-corrected chi connectivity index (χ1v) is 9.58. The van der Waals surface area contributed by atoms with Gasteiger partial charge in [-0.2, -0.15) is 0 Å². The Hall–Kier alpha value is -1.96. The van der Waals surface area contributed by atoms with E-state index in [-0.39, 0.29) is 22.2 Å². The van der Waals surface area contributed by atoms with E-state index < -0.39 is 9.84 Å². The van der Waals surface area contributed by atoms with Gasteiger partial charge < -0.3 is 9.73 Å². The Morgan fingerprint density at radius 1 is 1.26 bits per heavy atom. The molecular weight excluding hydrogens is 318 g/mol. The number of sulfone groups is 1. The maximum absolute atomic E-state index is 12.2. The van der Waals surface area contributed by atoms with Crippen LogP contribution in [0, 0.1) is 0 Å². The van der Waals surface area contributed by atoms with E-state index in [1.807, 2.05) is 0 Å². The Morgan fingerprint density at radius 2 is 2.00 bits per heavy atom. The van der Waals surface area contributed by atoms with Crippen molar-refractivity contribution in [2.45, 2.75) is 42.7 Å². The highest BCUT2D eigenvalue weighted by Gasteiger charge is 2.45. The minimum absolute atomic E-state index is 0.212. The van der Waals surface area contributed by atoms with Crippen LogP contribution in [0.2, 0.25) is 0 Å². The smallest absolute Gasteiger partial charge is 0.287 e. The molecule has 1 saturated carbocycles. The van der Waals surface area contributed by atoms with Crippen molar-refractivity contribution in [2.75, 3.05) is 12.8 Å². The molecule has 1 aliphatic heterocycles. The van der Waals surface area contributed by atoms with Crippen LogP contribution in [0.25, 0.3) is 11.1 Å². The monoisotopic (exact) mass is 335 g/mol. The van der Waals surface area contributed by atoms with Crippen molar-refractivity contribution >= 4 is 26.8 Å². The maximum atomic E-state index is 12.2. The summed E-state index contributed by atoms with van der Waals surface area (Å²) in [5.41, 5.74) is 1.38. The van der Waals surface area contributed by atoms with Crippen molar-refractivity contribution in [3.63, 3.8) is 0 Å². The Labute approximate surface area is 133 Å². The van der Waals surface area contributed by atoms with E-state index in [1.54, 1.807) is 0 Å². The molecule has 0 saturated heterocycles. The maximum Gasteiger partial charge on any atom is 0.287 e. The van der Waals surface area contributed by atoms with Crippen LogP contribution in [0.4, 0.5) is 0 Å².